The van der Waals surface area contributed by atoms with Crippen LogP contribution in [0.4, 0.5) is 0 Å². The maximum Gasteiger partial charge on any atom is 0.181 e. The maximum atomic E-state index is 10.9. The Bertz CT molecular complexity index is 356. The van der Waals surface area contributed by atoms with Crippen molar-refractivity contribution in [2.75, 3.05) is 6.54 Å². The van der Waals surface area contributed by atoms with Gasteiger partial charge in [-0.3, -0.25) is 4.79 Å². The molecular weight excluding hydrogens is 200 g/mol. The van der Waals surface area contributed by atoms with Crippen LogP contribution in [0.1, 0.15) is 27.7 Å². The van der Waals surface area contributed by atoms with Crippen LogP contribution in [0.5, 0.6) is 0 Å². The van der Waals surface area contributed by atoms with Gasteiger partial charge in [-0.05, 0) is 33.2 Å². The van der Waals surface area contributed by atoms with Crippen molar-refractivity contribution in [3.05, 3.63) is 34.7 Å². The van der Waals surface area contributed by atoms with Crippen LogP contribution >= 0.6 is 0 Å². The minimum Gasteiger partial charge on any atom is -0.354 e. The molecule has 1 aromatic rings. The van der Waals surface area contributed by atoms with Gasteiger partial charge in [0.2, 0.25) is 0 Å². The Morgan fingerprint density at radius 3 is 2.38 bits per heavy atom. The van der Waals surface area contributed by atoms with Crippen molar-refractivity contribution in [2.24, 2.45) is 5.92 Å². The minimum atomic E-state index is 0.0664. The lowest BCUT2D eigenvalue weighted by molar-refractivity contribution is 0.360. The summed E-state index contributed by atoms with van der Waals surface area (Å²) in [6.45, 7) is 10.6. The van der Waals surface area contributed by atoms with Gasteiger partial charge in [-0.1, -0.05) is 6.92 Å². The van der Waals surface area contributed by atoms with E-state index in [1.54, 1.807) is 12.1 Å². The molecule has 0 bridgehead atoms. The third kappa shape index (κ3) is 5.12. The average molecular weight is 222 g/mol. The first kappa shape index (κ1) is 13.0. The van der Waals surface area contributed by atoms with Crippen molar-refractivity contribution in [3.63, 3.8) is 0 Å². The van der Waals surface area contributed by atoms with E-state index < -0.39 is 0 Å². The van der Waals surface area contributed by atoms with Crippen molar-refractivity contribution in [1.82, 2.24) is 9.88 Å². The van der Waals surface area contributed by atoms with Crippen molar-refractivity contribution < 1.29 is 0 Å². The largest absolute Gasteiger partial charge is 0.354 e. The summed E-state index contributed by atoms with van der Waals surface area (Å²) >= 11 is 0. The number of hydrogen-bond acceptors (Lipinski definition) is 2. The summed E-state index contributed by atoms with van der Waals surface area (Å²) in [7, 11) is 0. The lowest BCUT2D eigenvalue weighted by Crippen LogP contribution is -2.39. The molecule has 0 aliphatic heterocycles. The summed E-state index contributed by atoms with van der Waals surface area (Å²) < 4.78 is 2.05. The zero-order valence-corrected chi connectivity index (χ0v) is 10.7. The third-order valence-electron chi connectivity index (χ3n) is 2.36. The molecule has 1 atom stereocenters. The molecule has 1 N–H and O–H groups in total. The molecule has 0 aliphatic rings. The Morgan fingerprint density at radius 1 is 1.31 bits per heavy atom. The Kier molecular flexibility index (Phi) is 4.30. The number of aromatic nitrogens is 1. The second kappa shape index (κ2) is 5.30. The van der Waals surface area contributed by atoms with Crippen molar-refractivity contribution in [2.45, 2.75) is 39.8 Å². The first-order valence-corrected chi connectivity index (χ1v) is 5.78. The molecule has 3 nitrogen and oxygen atoms in total. The van der Waals surface area contributed by atoms with Gasteiger partial charge in [0.25, 0.3) is 0 Å². The highest BCUT2D eigenvalue weighted by molar-refractivity contribution is 4.93. The lowest BCUT2D eigenvalue weighted by atomic mass is 10.1. The number of rotatable bonds is 4. The van der Waals surface area contributed by atoms with E-state index in [9.17, 15) is 4.79 Å². The van der Waals surface area contributed by atoms with Crippen LogP contribution in [0.25, 0.3) is 0 Å². The first-order chi connectivity index (χ1) is 7.37. The van der Waals surface area contributed by atoms with Crippen LogP contribution in [-0.4, -0.2) is 16.7 Å². The fourth-order valence-corrected chi connectivity index (χ4v) is 1.47. The molecule has 0 aromatic carbocycles. The fraction of sp³-hybridized carbons (Fsp3) is 0.615. The molecule has 1 aromatic heterocycles. The molecule has 0 saturated carbocycles. The van der Waals surface area contributed by atoms with Crippen molar-refractivity contribution in [3.8, 4) is 0 Å². The Labute approximate surface area is 97.5 Å². The highest BCUT2D eigenvalue weighted by Gasteiger charge is 2.10. The van der Waals surface area contributed by atoms with Crippen LogP contribution in [0.15, 0.2) is 29.3 Å². The summed E-state index contributed by atoms with van der Waals surface area (Å²) in [5.74, 6) is 0.543. The topological polar surface area (TPSA) is 34.0 Å². The SMILES string of the molecule is CC(CNC(C)(C)C)Cn1ccc(=O)cc1. The van der Waals surface area contributed by atoms with E-state index in [2.05, 4.69) is 37.6 Å². The molecule has 3 heteroatoms. The normalized spacial score (nSPS) is 13.8. The number of hydrogen-bond donors (Lipinski definition) is 1. The van der Waals surface area contributed by atoms with Crippen LogP contribution in [0, 0.1) is 5.92 Å². The number of nitrogens with one attached hydrogen (secondary N) is 1. The molecule has 0 fully saturated rings. The maximum absolute atomic E-state index is 10.9. The van der Waals surface area contributed by atoms with Crippen molar-refractivity contribution >= 4 is 0 Å². The Hall–Kier alpha value is -1.09. The van der Waals surface area contributed by atoms with Crippen LogP contribution in [0.3, 0.4) is 0 Å². The molecule has 1 unspecified atom stereocenters. The predicted molar refractivity (Wildman–Crippen MR) is 67.6 cm³/mol. The third-order valence-corrected chi connectivity index (χ3v) is 2.36. The predicted octanol–water partition coefficient (Wildman–Crippen LogP) is 1.87. The average Bonchev–Trinajstić information content (AvgIpc) is 2.18. The molecule has 0 saturated heterocycles. The minimum absolute atomic E-state index is 0.0664. The highest BCUT2D eigenvalue weighted by Crippen LogP contribution is 2.03. The number of nitrogens with zero attached hydrogens (tertiary/aromatic N) is 1. The molecule has 0 amide bonds. The summed E-state index contributed by atoms with van der Waals surface area (Å²) in [6, 6.07) is 3.20. The molecule has 0 radical (unpaired) electrons. The first-order valence-electron chi connectivity index (χ1n) is 5.78. The smallest absolute Gasteiger partial charge is 0.181 e. The van der Waals surface area contributed by atoms with Crippen molar-refractivity contribution in [1.29, 1.82) is 0 Å². The van der Waals surface area contributed by atoms with E-state index in [1.807, 2.05) is 12.4 Å². The summed E-state index contributed by atoms with van der Waals surface area (Å²) in [6.07, 6.45) is 3.69. The lowest BCUT2D eigenvalue weighted by Gasteiger charge is -2.23. The van der Waals surface area contributed by atoms with E-state index in [0.717, 1.165) is 13.1 Å². The molecular formula is C13H22N2O. The van der Waals surface area contributed by atoms with Gasteiger partial charge in [-0.2, -0.15) is 0 Å². The van der Waals surface area contributed by atoms with Gasteiger partial charge < -0.3 is 9.88 Å². The van der Waals surface area contributed by atoms with Crippen LogP contribution < -0.4 is 10.7 Å². The Morgan fingerprint density at radius 2 is 1.88 bits per heavy atom. The summed E-state index contributed by atoms with van der Waals surface area (Å²) in [5, 5.41) is 3.48. The molecule has 90 valence electrons. The van der Waals surface area contributed by atoms with E-state index in [1.165, 1.54) is 0 Å². The van der Waals surface area contributed by atoms with E-state index in [4.69, 9.17) is 0 Å². The Balaban J connectivity index is 2.42. The van der Waals surface area contributed by atoms with Gasteiger partial charge in [0.1, 0.15) is 0 Å². The van der Waals surface area contributed by atoms with Gasteiger partial charge in [-0.25, -0.2) is 0 Å². The van der Waals surface area contributed by atoms with Crippen LogP contribution in [0.2, 0.25) is 0 Å². The van der Waals surface area contributed by atoms with Gasteiger partial charge in [-0.15, -0.1) is 0 Å². The van der Waals surface area contributed by atoms with E-state index >= 15 is 0 Å². The van der Waals surface area contributed by atoms with E-state index in [0.29, 0.717) is 5.92 Å². The van der Waals surface area contributed by atoms with E-state index in [-0.39, 0.29) is 11.0 Å². The van der Waals surface area contributed by atoms with Gasteiger partial charge in [0, 0.05) is 36.6 Å². The zero-order valence-electron chi connectivity index (χ0n) is 10.7. The molecule has 1 heterocycles. The fourth-order valence-electron chi connectivity index (χ4n) is 1.47. The zero-order chi connectivity index (χ0) is 12.2. The van der Waals surface area contributed by atoms with Gasteiger partial charge >= 0.3 is 0 Å². The molecule has 0 spiro atoms. The van der Waals surface area contributed by atoms with Gasteiger partial charge in [0.05, 0.1) is 0 Å². The molecule has 1 rings (SSSR count). The second-order valence-corrected chi connectivity index (χ2v) is 5.47. The van der Waals surface area contributed by atoms with Crippen LogP contribution in [-0.2, 0) is 6.54 Å². The number of pyridine rings is 1. The highest BCUT2D eigenvalue weighted by atomic mass is 16.1. The quantitative estimate of drug-likeness (QED) is 0.844. The monoisotopic (exact) mass is 222 g/mol. The summed E-state index contributed by atoms with van der Waals surface area (Å²) in [4.78, 5) is 10.9. The second-order valence-electron chi connectivity index (χ2n) is 5.47. The molecule has 16 heavy (non-hydrogen) atoms. The van der Waals surface area contributed by atoms with Gasteiger partial charge in [0.15, 0.2) is 5.43 Å². The summed E-state index contributed by atoms with van der Waals surface area (Å²) in [5.41, 5.74) is 0.231. The molecule has 0 aliphatic carbocycles. The standard InChI is InChI=1S/C13H22N2O/c1-11(9-14-13(2,3)4)10-15-7-5-12(16)6-8-15/h5-8,11,14H,9-10H2,1-4H3.